The van der Waals surface area contributed by atoms with Crippen molar-refractivity contribution < 1.29 is 14.3 Å². The maximum Gasteiger partial charge on any atom is 0.410 e. The van der Waals surface area contributed by atoms with E-state index in [1.54, 1.807) is 11.8 Å². The lowest BCUT2D eigenvalue weighted by Gasteiger charge is -2.02. The average molecular weight is 183 g/mol. The van der Waals surface area contributed by atoms with E-state index in [2.05, 4.69) is 0 Å². The van der Waals surface area contributed by atoms with Crippen molar-refractivity contribution in [3.8, 4) is 0 Å². The molecule has 1 amide bonds. The van der Waals surface area contributed by atoms with Crippen LogP contribution in [-0.2, 0) is 9.53 Å². The van der Waals surface area contributed by atoms with Crippen LogP contribution in [0.2, 0.25) is 0 Å². The molecule has 72 valence electrons. The minimum atomic E-state index is -0.326. The summed E-state index contributed by atoms with van der Waals surface area (Å²) in [5.74, 6) is 0.198. The number of hydrogen-bond donors (Lipinski definition) is 0. The summed E-state index contributed by atoms with van der Waals surface area (Å²) in [5.41, 5.74) is 0. The summed E-state index contributed by atoms with van der Waals surface area (Å²) in [6, 6.07) is 0.00750. The molecule has 0 aromatic carbocycles. The average Bonchev–Trinajstić information content (AvgIpc) is 2.80. The molecule has 2 rings (SSSR count). The highest BCUT2D eigenvalue weighted by molar-refractivity contribution is 5.94. The molecule has 4 nitrogen and oxygen atoms in total. The van der Waals surface area contributed by atoms with Gasteiger partial charge in [-0.3, -0.25) is 9.69 Å². The molecule has 1 heterocycles. The molecule has 0 bridgehead atoms. The van der Waals surface area contributed by atoms with Crippen molar-refractivity contribution >= 4 is 11.9 Å². The number of ketones is 1. The van der Waals surface area contributed by atoms with Crippen LogP contribution < -0.4 is 0 Å². The number of carbonyl (C=O) groups is 2. The van der Waals surface area contributed by atoms with E-state index in [1.165, 1.54) is 0 Å². The summed E-state index contributed by atoms with van der Waals surface area (Å²) in [6.07, 6.45) is 2.16. The van der Waals surface area contributed by atoms with Gasteiger partial charge >= 0.3 is 6.09 Å². The normalized spacial score (nSPS) is 31.2. The van der Waals surface area contributed by atoms with Crippen LogP contribution in [-0.4, -0.2) is 35.5 Å². The fraction of sp³-hybridized carbons (Fsp3) is 0.778. The van der Waals surface area contributed by atoms with Crippen molar-refractivity contribution in [2.24, 2.45) is 0 Å². The standard InChI is InChI=1S/C9H13NO3/c1-2-13-9(12)10-6-4-3-5-7(11)8(6)10/h6,8H,2-5H2,1H3. The molecule has 1 aliphatic heterocycles. The second kappa shape index (κ2) is 3.01. The molecule has 1 saturated heterocycles. The fourth-order valence-corrected chi connectivity index (χ4v) is 2.03. The van der Waals surface area contributed by atoms with Gasteiger partial charge in [-0.1, -0.05) is 0 Å². The SMILES string of the molecule is CCOC(=O)N1C2CCCC(=O)C21. The van der Waals surface area contributed by atoms with Crippen molar-refractivity contribution in [3.63, 3.8) is 0 Å². The second-order valence-electron chi connectivity index (χ2n) is 3.48. The van der Waals surface area contributed by atoms with Gasteiger partial charge in [0.25, 0.3) is 0 Å². The van der Waals surface area contributed by atoms with Gasteiger partial charge in [0, 0.05) is 6.42 Å². The van der Waals surface area contributed by atoms with Gasteiger partial charge in [0.15, 0.2) is 5.78 Å². The molecule has 0 N–H and O–H groups in total. The zero-order valence-electron chi connectivity index (χ0n) is 7.66. The Morgan fingerprint density at radius 1 is 1.69 bits per heavy atom. The first kappa shape index (κ1) is 8.53. The Morgan fingerprint density at radius 2 is 2.46 bits per heavy atom. The van der Waals surface area contributed by atoms with Gasteiger partial charge in [0.2, 0.25) is 0 Å². The zero-order valence-corrected chi connectivity index (χ0v) is 7.66. The van der Waals surface area contributed by atoms with E-state index in [4.69, 9.17) is 4.74 Å². The Morgan fingerprint density at radius 3 is 3.08 bits per heavy atom. The number of nitrogens with zero attached hydrogens (tertiary/aromatic N) is 1. The summed E-state index contributed by atoms with van der Waals surface area (Å²) in [6.45, 7) is 2.15. The van der Waals surface area contributed by atoms with E-state index in [-0.39, 0.29) is 24.0 Å². The third kappa shape index (κ3) is 1.30. The van der Waals surface area contributed by atoms with E-state index >= 15 is 0 Å². The number of Topliss-reactive ketones (excluding diaryl/α,β-unsaturated/α-hetero) is 1. The molecule has 4 heteroatoms. The summed E-state index contributed by atoms with van der Waals surface area (Å²) in [4.78, 5) is 24.1. The predicted octanol–water partition coefficient (Wildman–Crippen LogP) is 0.949. The highest BCUT2D eigenvalue weighted by atomic mass is 16.6. The molecule has 2 fully saturated rings. The highest BCUT2D eigenvalue weighted by Crippen LogP contribution is 2.38. The van der Waals surface area contributed by atoms with E-state index in [9.17, 15) is 9.59 Å². The Hall–Kier alpha value is -1.06. The smallest absolute Gasteiger partial charge is 0.410 e. The van der Waals surface area contributed by atoms with Gasteiger partial charge < -0.3 is 4.74 Å². The Bertz CT molecular complexity index is 251. The summed E-state index contributed by atoms with van der Waals surface area (Å²) >= 11 is 0. The van der Waals surface area contributed by atoms with Gasteiger partial charge in [-0.15, -0.1) is 0 Å². The number of hydrogen-bond acceptors (Lipinski definition) is 3. The Labute approximate surface area is 76.8 Å². The lowest BCUT2D eigenvalue weighted by atomic mass is 10.00. The number of fused-ring (bicyclic) bond motifs is 1. The lowest BCUT2D eigenvalue weighted by Crippen LogP contribution is -2.19. The maximum absolute atomic E-state index is 11.3. The van der Waals surface area contributed by atoms with Crippen molar-refractivity contribution in [3.05, 3.63) is 0 Å². The van der Waals surface area contributed by atoms with Gasteiger partial charge in [-0.2, -0.15) is 0 Å². The number of ether oxygens (including phenoxy) is 1. The maximum atomic E-state index is 11.3. The molecule has 0 aromatic heterocycles. The van der Waals surface area contributed by atoms with Crippen molar-refractivity contribution in [1.82, 2.24) is 4.90 Å². The van der Waals surface area contributed by atoms with Crippen LogP contribution in [0.1, 0.15) is 26.2 Å². The topological polar surface area (TPSA) is 46.4 Å². The van der Waals surface area contributed by atoms with E-state index < -0.39 is 0 Å². The molecule has 2 atom stereocenters. The molecule has 13 heavy (non-hydrogen) atoms. The summed E-state index contributed by atoms with van der Waals surface area (Å²) < 4.78 is 4.84. The van der Waals surface area contributed by atoms with Crippen LogP contribution in [0.4, 0.5) is 4.79 Å². The van der Waals surface area contributed by atoms with Gasteiger partial charge in [-0.25, -0.2) is 4.79 Å². The van der Waals surface area contributed by atoms with Crippen molar-refractivity contribution in [1.29, 1.82) is 0 Å². The third-order valence-corrected chi connectivity index (χ3v) is 2.66. The van der Waals surface area contributed by atoms with E-state index in [1.807, 2.05) is 0 Å². The first-order chi connectivity index (χ1) is 6.25. The monoisotopic (exact) mass is 183 g/mol. The second-order valence-corrected chi connectivity index (χ2v) is 3.48. The lowest BCUT2D eigenvalue weighted by molar-refractivity contribution is -0.119. The first-order valence-electron chi connectivity index (χ1n) is 4.73. The molecule has 1 aliphatic carbocycles. The summed E-state index contributed by atoms with van der Waals surface area (Å²) in [7, 11) is 0. The van der Waals surface area contributed by atoms with Crippen LogP contribution in [0.15, 0.2) is 0 Å². The third-order valence-electron chi connectivity index (χ3n) is 2.66. The van der Waals surface area contributed by atoms with Crippen LogP contribution in [0.3, 0.4) is 0 Å². The number of likely N-dealkylation sites (tertiary alicyclic amines) is 1. The van der Waals surface area contributed by atoms with Crippen LogP contribution >= 0.6 is 0 Å². The highest BCUT2D eigenvalue weighted by Gasteiger charge is 2.57. The van der Waals surface area contributed by atoms with Gasteiger partial charge in [-0.05, 0) is 19.8 Å². The number of rotatable bonds is 1. The molecule has 0 radical (unpaired) electrons. The molecule has 0 spiro atoms. The van der Waals surface area contributed by atoms with Gasteiger partial charge in [0.1, 0.15) is 6.04 Å². The Balaban J connectivity index is 1.97. The summed E-state index contributed by atoms with van der Waals surface area (Å²) in [5, 5.41) is 0. The van der Waals surface area contributed by atoms with Crippen LogP contribution in [0.25, 0.3) is 0 Å². The quantitative estimate of drug-likeness (QED) is 0.568. The molecule has 2 aliphatic rings. The minimum absolute atomic E-state index is 0.146. The van der Waals surface area contributed by atoms with Crippen molar-refractivity contribution in [2.45, 2.75) is 38.3 Å². The van der Waals surface area contributed by atoms with E-state index in [0.717, 1.165) is 12.8 Å². The van der Waals surface area contributed by atoms with Crippen LogP contribution in [0, 0.1) is 0 Å². The minimum Gasteiger partial charge on any atom is -0.450 e. The largest absolute Gasteiger partial charge is 0.450 e. The molecule has 1 saturated carbocycles. The van der Waals surface area contributed by atoms with Crippen molar-refractivity contribution in [2.75, 3.05) is 6.61 Å². The molecule has 0 aromatic rings. The number of carbonyl (C=O) groups excluding carboxylic acids is 2. The molecule has 2 unspecified atom stereocenters. The predicted molar refractivity (Wildman–Crippen MR) is 45.3 cm³/mol. The molecular formula is C9H13NO3. The fourth-order valence-electron chi connectivity index (χ4n) is 2.03. The van der Waals surface area contributed by atoms with Crippen LogP contribution in [0.5, 0.6) is 0 Å². The Kier molecular flexibility index (Phi) is 1.98. The number of amides is 1. The first-order valence-corrected chi connectivity index (χ1v) is 4.73. The zero-order chi connectivity index (χ0) is 9.42. The molecular weight excluding hydrogens is 170 g/mol. The van der Waals surface area contributed by atoms with E-state index in [0.29, 0.717) is 13.0 Å². The van der Waals surface area contributed by atoms with Gasteiger partial charge in [0.05, 0.1) is 12.6 Å².